The number of hydrogen-bond donors (Lipinski definition) is 1. The van der Waals surface area contributed by atoms with Crippen LogP contribution in [0, 0.1) is 10.1 Å². The first-order valence-corrected chi connectivity index (χ1v) is 9.49. The van der Waals surface area contributed by atoms with Crippen molar-refractivity contribution >= 4 is 28.9 Å². The number of carbonyl (C=O) groups excluding carboxylic acids is 1. The second-order valence-electron chi connectivity index (χ2n) is 6.72. The van der Waals surface area contributed by atoms with Gasteiger partial charge in [-0.3, -0.25) is 20.0 Å². The summed E-state index contributed by atoms with van der Waals surface area (Å²) in [6, 6.07) is 13.7. The van der Waals surface area contributed by atoms with Gasteiger partial charge in [-0.1, -0.05) is 23.7 Å². The molecule has 1 N–H and O–H groups in total. The highest BCUT2D eigenvalue weighted by Crippen LogP contribution is 2.25. The van der Waals surface area contributed by atoms with Crippen molar-refractivity contribution in [2.75, 3.05) is 31.1 Å². The summed E-state index contributed by atoms with van der Waals surface area (Å²) in [6.07, 6.45) is 1.55. The van der Waals surface area contributed by atoms with Crippen molar-refractivity contribution in [1.29, 1.82) is 0 Å². The first-order valence-electron chi connectivity index (χ1n) is 9.11. The molecule has 4 rings (SSSR count). The Morgan fingerprint density at radius 1 is 1.03 bits per heavy atom. The molecule has 2 heterocycles. The van der Waals surface area contributed by atoms with Crippen LogP contribution in [0.2, 0.25) is 5.02 Å². The quantitative estimate of drug-likeness (QED) is 0.522. The van der Waals surface area contributed by atoms with E-state index in [0.717, 1.165) is 11.3 Å². The Hall–Kier alpha value is -3.39. The van der Waals surface area contributed by atoms with Gasteiger partial charge in [-0.2, -0.15) is 5.10 Å². The maximum absolute atomic E-state index is 13.0. The summed E-state index contributed by atoms with van der Waals surface area (Å²) in [5.41, 5.74) is 3.02. The maximum atomic E-state index is 13.0. The van der Waals surface area contributed by atoms with Crippen molar-refractivity contribution in [3.8, 4) is 11.3 Å². The highest BCUT2D eigenvalue weighted by Gasteiger charge is 2.25. The number of nitro groups is 1. The van der Waals surface area contributed by atoms with Gasteiger partial charge in [0, 0.05) is 54.6 Å². The standard InChI is InChI=1S/C20H18ClN5O3/c21-15-3-1-14(2-4-15)19-18(13-22-23-19)20(27)25-11-9-24(10-12-25)16-5-7-17(8-6-16)26(28)29/h1-8,13H,9-12H2,(H,22,23). The molecule has 1 amide bonds. The number of nitrogens with zero attached hydrogens (tertiary/aromatic N) is 4. The Balaban J connectivity index is 1.44. The third kappa shape index (κ3) is 3.93. The molecule has 0 bridgehead atoms. The summed E-state index contributed by atoms with van der Waals surface area (Å²) >= 11 is 5.95. The summed E-state index contributed by atoms with van der Waals surface area (Å²) in [5.74, 6) is -0.0768. The number of benzene rings is 2. The number of halogens is 1. The van der Waals surface area contributed by atoms with E-state index in [2.05, 4.69) is 15.1 Å². The minimum atomic E-state index is -0.413. The number of amides is 1. The molecule has 0 spiro atoms. The van der Waals surface area contributed by atoms with Crippen molar-refractivity contribution in [1.82, 2.24) is 15.1 Å². The smallest absolute Gasteiger partial charge is 0.269 e. The lowest BCUT2D eigenvalue weighted by molar-refractivity contribution is -0.384. The molecule has 2 aromatic carbocycles. The number of nitro benzene ring substituents is 1. The number of piperazine rings is 1. The molecule has 3 aromatic rings. The van der Waals surface area contributed by atoms with Gasteiger partial charge in [-0.05, 0) is 24.3 Å². The zero-order valence-corrected chi connectivity index (χ0v) is 16.2. The largest absolute Gasteiger partial charge is 0.368 e. The molecule has 1 aliphatic rings. The molecule has 0 radical (unpaired) electrons. The first kappa shape index (κ1) is 18.9. The van der Waals surface area contributed by atoms with Crippen molar-refractivity contribution in [2.24, 2.45) is 0 Å². The normalized spacial score (nSPS) is 14.1. The lowest BCUT2D eigenvalue weighted by Crippen LogP contribution is -2.48. The van der Waals surface area contributed by atoms with Crippen molar-refractivity contribution in [3.05, 3.63) is 75.4 Å². The van der Waals surface area contributed by atoms with Crippen LogP contribution in [0.5, 0.6) is 0 Å². The monoisotopic (exact) mass is 411 g/mol. The van der Waals surface area contributed by atoms with Crippen LogP contribution >= 0.6 is 11.6 Å². The minimum absolute atomic E-state index is 0.0669. The Bertz CT molecular complexity index is 1030. The van der Waals surface area contributed by atoms with E-state index < -0.39 is 4.92 Å². The molecule has 0 unspecified atom stereocenters. The Kier molecular flexibility index (Phi) is 5.18. The van der Waals surface area contributed by atoms with Gasteiger partial charge in [0.05, 0.1) is 22.4 Å². The van der Waals surface area contributed by atoms with E-state index in [0.29, 0.717) is 42.5 Å². The van der Waals surface area contributed by atoms with E-state index in [9.17, 15) is 14.9 Å². The fraction of sp³-hybridized carbons (Fsp3) is 0.200. The molecular weight excluding hydrogens is 394 g/mol. The number of aromatic nitrogens is 2. The van der Waals surface area contributed by atoms with Crippen LogP contribution in [0.1, 0.15) is 10.4 Å². The number of aromatic amines is 1. The molecule has 1 aromatic heterocycles. The number of non-ortho nitro benzene ring substituents is 1. The van der Waals surface area contributed by atoms with E-state index in [-0.39, 0.29) is 11.6 Å². The molecule has 8 nitrogen and oxygen atoms in total. The zero-order chi connectivity index (χ0) is 20.4. The second kappa shape index (κ2) is 7.92. The highest BCUT2D eigenvalue weighted by atomic mass is 35.5. The van der Waals surface area contributed by atoms with Crippen LogP contribution < -0.4 is 4.90 Å². The molecule has 9 heteroatoms. The molecule has 1 saturated heterocycles. The number of rotatable bonds is 4. The third-order valence-corrected chi connectivity index (χ3v) is 5.25. The SMILES string of the molecule is O=C(c1cn[nH]c1-c1ccc(Cl)cc1)N1CCN(c2ccc([N+](=O)[O-])cc2)CC1. The Labute approximate surface area is 171 Å². The molecule has 0 saturated carbocycles. The topological polar surface area (TPSA) is 95.4 Å². The van der Waals surface area contributed by atoms with E-state index in [1.165, 1.54) is 12.1 Å². The molecular formula is C20H18ClN5O3. The molecule has 0 atom stereocenters. The van der Waals surface area contributed by atoms with E-state index in [1.54, 1.807) is 35.4 Å². The average molecular weight is 412 g/mol. The van der Waals surface area contributed by atoms with Gasteiger partial charge in [0.1, 0.15) is 0 Å². The highest BCUT2D eigenvalue weighted by molar-refractivity contribution is 6.30. The van der Waals surface area contributed by atoms with Crippen LogP contribution in [0.3, 0.4) is 0 Å². The predicted molar refractivity (Wildman–Crippen MR) is 110 cm³/mol. The fourth-order valence-corrected chi connectivity index (χ4v) is 3.53. The van der Waals surface area contributed by atoms with E-state index in [1.807, 2.05) is 12.1 Å². The van der Waals surface area contributed by atoms with E-state index >= 15 is 0 Å². The lowest BCUT2D eigenvalue weighted by Gasteiger charge is -2.36. The number of hydrogen-bond acceptors (Lipinski definition) is 5. The predicted octanol–water partition coefficient (Wildman–Crippen LogP) is 3.60. The second-order valence-corrected chi connectivity index (χ2v) is 7.15. The summed E-state index contributed by atoms with van der Waals surface area (Å²) < 4.78 is 0. The van der Waals surface area contributed by atoms with Crippen molar-refractivity contribution in [2.45, 2.75) is 0 Å². The third-order valence-electron chi connectivity index (χ3n) is 5.00. The van der Waals surface area contributed by atoms with Gasteiger partial charge in [-0.25, -0.2) is 0 Å². The van der Waals surface area contributed by atoms with Gasteiger partial charge >= 0.3 is 0 Å². The molecule has 1 aliphatic heterocycles. The van der Waals surface area contributed by atoms with Crippen molar-refractivity contribution in [3.63, 3.8) is 0 Å². The molecule has 1 fully saturated rings. The summed E-state index contributed by atoms with van der Waals surface area (Å²) in [6.45, 7) is 2.41. The number of carbonyl (C=O) groups is 1. The Morgan fingerprint density at radius 3 is 2.31 bits per heavy atom. The number of nitrogens with one attached hydrogen (secondary N) is 1. The van der Waals surface area contributed by atoms with Gasteiger partial charge < -0.3 is 9.80 Å². The average Bonchev–Trinajstić information content (AvgIpc) is 3.24. The fourth-order valence-electron chi connectivity index (χ4n) is 3.41. The van der Waals surface area contributed by atoms with Crippen LogP contribution in [0.15, 0.2) is 54.7 Å². The lowest BCUT2D eigenvalue weighted by atomic mass is 10.1. The molecule has 29 heavy (non-hydrogen) atoms. The zero-order valence-electron chi connectivity index (χ0n) is 15.4. The van der Waals surface area contributed by atoms with Gasteiger partial charge in [0.25, 0.3) is 11.6 Å². The maximum Gasteiger partial charge on any atom is 0.269 e. The number of anilines is 1. The Morgan fingerprint density at radius 2 is 1.69 bits per heavy atom. The van der Waals surface area contributed by atoms with Crippen molar-refractivity contribution < 1.29 is 9.72 Å². The van der Waals surface area contributed by atoms with Gasteiger partial charge in [-0.15, -0.1) is 0 Å². The molecule has 148 valence electrons. The van der Waals surface area contributed by atoms with Gasteiger partial charge in [0.15, 0.2) is 0 Å². The first-order chi connectivity index (χ1) is 14.0. The number of H-pyrrole nitrogens is 1. The molecule has 0 aliphatic carbocycles. The van der Waals surface area contributed by atoms with Gasteiger partial charge in [0.2, 0.25) is 0 Å². The van der Waals surface area contributed by atoms with Crippen LogP contribution in [-0.2, 0) is 0 Å². The van der Waals surface area contributed by atoms with Crippen LogP contribution in [0.4, 0.5) is 11.4 Å². The van der Waals surface area contributed by atoms with E-state index in [4.69, 9.17) is 11.6 Å². The summed E-state index contributed by atoms with van der Waals surface area (Å²) in [7, 11) is 0. The van der Waals surface area contributed by atoms with Crippen LogP contribution in [-0.4, -0.2) is 52.1 Å². The summed E-state index contributed by atoms with van der Waals surface area (Å²) in [5, 5.41) is 18.4. The van der Waals surface area contributed by atoms with Crippen LogP contribution in [0.25, 0.3) is 11.3 Å². The summed E-state index contributed by atoms with van der Waals surface area (Å²) in [4.78, 5) is 27.3. The minimum Gasteiger partial charge on any atom is -0.368 e.